The van der Waals surface area contributed by atoms with E-state index in [0.29, 0.717) is 5.76 Å². The number of hydrogen-bond donors (Lipinski definition) is 0. The number of aromatic nitrogens is 1. The average molecular weight is 141 g/mol. The van der Waals surface area contributed by atoms with Gasteiger partial charge in [0.1, 0.15) is 5.76 Å². The lowest BCUT2D eigenvalue weighted by atomic mass is 10.1. The molecule has 2 nitrogen and oxygen atoms in total. The zero-order valence-corrected chi connectivity index (χ0v) is 6.51. The lowest BCUT2D eigenvalue weighted by Crippen LogP contribution is -1.90. The Morgan fingerprint density at radius 3 is 2.90 bits per heavy atom. The van der Waals surface area contributed by atoms with E-state index >= 15 is 0 Å². The zero-order chi connectivity index (χ0) is 9.35. The first-order chi connectivity index (χ1) is 5.44. The van der Waals surface area contributed by atoms with Gasteiger partial charge >= 0.3 is 0 Å². The van der Waals surface area contributed by atoms with E-state index < -0.39 is 6.37 Å². The maximum Gasteiger partial charge on any atom is 0.137 e. The molecule has 1 rings (SSSR count). The maximum atomic E-state index is 7.67. The Hall–Kier alpha value is -0.790. The summed E-state index contributed by atoms with van der Waals surface area (Å²) in [6.07, 6.45) is -1.42. The molecular formula is C8H13NO. The summed E-state index contributed by atoms with van der Waals surface area (Å²) in [6, 6.07) is 1.64. The van der Waals surface area contributed by atoms with Crippen LogP contribution in [-0.2, 0) is 6.37 Å². The fraction of sp³-hybridized carbons (Fsp3) is 0.625. The van der Waals surface area contributed by atoms with Gasteiger partial charge in [-0.15, -0.1) is 0 Å². The molecular weight excluding hydrogens is 126 g/mol. The molecule has 0 unspecified atom stereocenters. The van der Waals surface area contributed by atoms with Crippen molar-refractivity contribution in [2.75, 3.05) is 0 Å². The van der Waals surface area contributed by atoms with Gasteiger partial charge in [-0.3, -0.25) is 0 Å². The van der Waals surface area contributed by atoms with Crippen LogP contribution in [-0.4, -0.2) is 5.16 Å². The molecule has 0 aliphatic heterocycles. The van der Waals surface area contributed by atoms with Crippen LogP contribution in [0.2, 0.25) is 0 Å². The van der Waals surface area contributed by atoms with E-state index in [1.54, 1.807) is 13.0 Å². The van der Waals surface area contributed by atoms with Crippen molar-refractivity contribution < 1.29 is 7.26 Å². The third-order valence-corrected chi connectivity index (χ3v) is 1.06. The summed E-state index contributed by atoms with van der Waals surface area (Å²) in [5.41, 5.74) is 0.717. The van der Waals surface area contributed by atoms with Gasteiger partial charge in [0.25, 0.3) is 0 Å². The molecule has 0 radical (unpaired) electrons. The minimum atomic E-state index is -1.42. The molecule has 0 spiro atoms. The smallest absolute Gasteiger partial charge is 0.137 e. The first kappa shape index (κ1) is 4.94. The van der Waals surface area contributed by atoms with Crippen LogP contribution in [0.3, 0.4) is 0 Å². The van der Waals surface area contributed by atoms with E-state index in [4.69, 9.17) is 7.26 Å². The quantitative estimate of drug-likeness (QED) is 0.631. The van der Waals surface area contributed by atoms with Crippen LogP contribution in [0.4, 0.5) is 0 Å². The number of nitrogens with zero attached hydrogens (tertiary/aromatic N) is 1. The topological polar surface area (TPSA) is 26.0 Å². The molecule has 0 bridgehead atoms. The van der Waals surface area contributed by atoms with E-state index in [2.05, 4.69) is 5.16 Å². The third-order valence-electron chi connectivity index (χ3n) is 1.06. The van der Waals surface area contributed by atoms with E-state index in [1.165, 1.54) is 0 Å². The Labute approximate surface area is 64.0 Å². The van der Waals surface area contributed by atoms with E-state index in [0.717, 1.165) is 5.69 Å². The lowest BCUT2D eigenvalue weighted by Gasteiger charge is -1.96. The highest BCUT2D eigenvalue weighted by atomic mass is 16.5. The van der Waals surface area contributed by atoms with Crippen LogP contribution in [0.25, 0.3) is 0 Å². The van der Waals surface area contributed by atoms with Crippen LogP contribution >= 0.6 is 0 Å². The van der Waals surface area contributed by atoms with Gasteiger partial charge in [0.15, 0.2) is 0 Å². The second-order valence-electron chi connectivity index (χ2n) is 2.63. The highest BCUT2D eigenvalue weighted by molar-refractivity contribution is 5.03. The van der Waals surface area contributed by atoms with Gasteiger partial charge in [-0.1, -0.05) is 19.0 Å². The molecule has 0 aliphatic carbocycles. The molecule has 0 aliphatic rings. The molecule has 0 saturated heterocycles. The Morgan fingerprint density at radius 1 is 1.80 bits per heavy atom. The molecule has 0 atom stereocenters. The highest BCUT2D eigenvalue weighted by Crippen LogP contribution is 2.08. The van der Waals surface area contributed by atoms with Gasteiger partial charge in [0.05, 0.1) is 5.69 Å². The molecule has 2 heteroatoms. The van der Waals surface area contributed by atoms with Gasteiger partial charge < -0.3 is 4.52 Å². The third kappa shape index (κ3) is 1.87. The van der Waals surface area contributed by atoms with Gasteiger partial charge in [0.2, 0.25) is 0 Å². The van der Waals surface area contributed by atoms with Crippen molar-refractivity contribution in [3.63, 3.8) is 0 Å². The molecule has 0 aromatic carbocycles. The summed E-state index contributed by atoms with van der Waals surface area (Å²) in [7, 11) is 0. The summed E-state index contributed by atoms with van der Waals surface area (Å²) in [6.45, 7) is 5.42. The number of rotatable bonds is 2. The predicted molar refractivity (Wildman–Crippen MR) is 39.8 cm³/mol. The highest BCUT2D eigenvalue weighted by Gasteiger charge is 2.02. The predicted octanol–water partition coefficient (Wildman–Crippen LogP) is 2.18. The fourth-order valence-corrected chi connectivity index (χ4v) is 0.716. The summed E-state index contributed by atoms with van der Waals surface area (Å²) < 4.78 is 20.2. The minimum absolute atomic E-state index is 0.107. The lowest BCUT2D eigenvalue weighted by molar-refractivity contribution is 0.365. The van der Waals surface area contributed by atoms with Crippen molar-refractivity contribution in [2.24, 2.45) is 5.92 Å². The fourth-order valence-electron chi connectivity index (χ4n) is 0.716. The molecule has 1 aromatic rings. The molecule has 1 aromatic heterocycles. The molecule has 56 valence electrons. The Bertz CT molecular complexity index is 268. The molecule has 0 saturated carbocycles. The van der Waals surface area contributed by atoms with Crippen LogP contribution in [0.15, 0.2) is 10.6 Å². The van der Waals surface area contributed by atoms with Crippen LogP contribution in [0.5, 0.6) is 0 Å². The van der Waals surface area contributed by atoms with Crippen molar-refractivity contribution in [1.29, 1.82) is 0 Å². The molecule has 10 heavy (non-hydrogen) atoms. The van der Waals surface area contributed by atoms with Gasteiger partial charge in [-0.25, -0.2) is 0 Å². The van der Waals surface area contributed by atoms with Crippen LogP contribution < -0.4 is 0 Å². The average Bonchev–Trinajstić information content (AvgIpc) is 2.35. The van der Waals surface area contributed by atoms with Crippen molar-refractivity contribution in [2.45, 2.75) is 27.1 Å². The van der Waals surface area contributed by atoms with Gasteiger partial charge in [0, 0.05) is 15.2 Å². The zero-order valence-electron chi connectivity index (χ0n) is 8.51. The SMILES string of the molecule is [2H]C([2H])(c1cc(C)no1)C(C)C. The summed E-state index contributed by atoms with van der Waals surface area (Å²) in [5, 5.41) is 3.65. The van der Waals surface area contributed by atoms with Crippen molar-refractivity contribution >= 4 is 0 Å². The van der Waals surface area contributed by atoms with E-state index in [-0.39, 0.29) is 5.92 Å². The normalized spacial score (nSPS) is 15.2. The van der Waals surface area contributed by atoms with Crippen molar-refractivity contribution in [1.82, 2.24) is 5.16 Å². The Kier molecular flexibility index (Phi) is 1.41. The maximum absolute atomic E-state index is 7.67. The number of aryl methyl sites for hydroxylation is 1. The Morgan fingerprint density at radius 2 is 2.50 bits per heavy atom. The monoisotopic (exact) mass is 141 g/mol. The van der Waals surface area contributed by atoms with Crippen molar-refractivity contribution in [3.8, 4) is 0 Å². The summed E-state index contributed by atoms with van der Waals surface area (Å²) in [4.78, 5) is 0. The Balaban J connectivity index is 2.97. The van der Waals surface area contributed by atoms with Gasteiger partial charge in [-0.2, -0.15) is 0 Å². The number of hydrogen-bond acceptors (Lipinski definition) is 2. The van der Waals surface area contributed by atoms with E-state index in [9.17, 15) is 0 Å². The van der Waals surface area contributed by atoms with E-state index in [1.807, 2.05) is 13.8 Å². The van der Waals surface area contributed by atoms with Crippen LogP contribution in [0.1, 0.15) is 28.0 Å². The second kappa shape index (κ2) is 2.86. The summed E-state index contributed by atoms with van der Waals surface area (Å²) in [5.74, 6) is 0.208. The molecule has 1 heterocycles. The van der Waals surface area contributed by atoms with Gasteiger partial charge in [-0.05, 0) is 12.8 Å². The minimum Gasteiger partial charge on any atom is -0.361 e. The van der Waals surface area contributed by atoms with Crippen LogP contribution in [0, 0.1) is 12.8 Å². The first-order valence-electron chi connectivity index (χ1n) is 4.38. The molecule has 0 N–H and O–H groups in total. The second-order valence-corrected chi connectivity index (χ2v) is 2.63. The largest absolute Gasteiger partial charge is 0.361 e. The standard InChI is InChI=1S/C8H13NO/c1-6(2)4-8-5-7(3)9-10-8/h5-6H,4H2,1-3H3/i4D2. The molecule has 0 fully saturated rings. The first-order valence-corrected chi connectivity index (χ1v) is 3.38. The van der Waals surface area contributed by atoms with Crippen molar-refractivity contribution in [3.05, 3.63) is 17.5 Å². The molecule has 0 amide bonds. The summed E-state index contributed by atoms with van der Waals surface area (Å²) >= 11 is 0.